The number of anilines is 2. The lowest BCUT2D eigenvalue weighted by molar-refractivity contribution is 0.415. The van der Waals surface area contributed by atoms with E-state index < -0.39 is 10.0 Å². The first-order valence-corrected chi connectivity index (χ1v) is 12.3. The molecule has 0 aromatic heterocycles. The Morgan fingerprint density at radius 2 is 1.88 bits per heavy atom. The smallest absolute Gasteiger partial charge is 0.261 e. The Bertz CT molecular complexity index is 1310. The fraction of sp³-hybridized carbons (Fsp3) is 0.200. The van der Waals surface area contributed by atoms with Gasteiger partial charge in [0.05, 0.1) is 23.7 Å². The van der Waals surface area contributed by atoms with Crippen LogP contribution < -0.4 is 14.8 Å². The van der Waals surface area contributed by atoms with Gasteiger partial charge >= 0.3 is 0 Å². The summed E-state index contributed by atoms with van der Waals surface area (Å²) in [6.45, 7) is 0. The van der Waals surface area contributed by atoms with Crippen LogP contribution in [0.5, 0.6) is 5.75 Å². The maximum atomic E-state index is 13.1. The Balaban J connectivity index is 1.49. The van der Waals surface area contributed by atoms with Crippen LogP contribution in [0.25, 0.3) is 0 Å². The van der Waals surface area contributed by atoms with Crippen molar-refractivity contribution in [2.75, 3.05) is 17.1 Å². The third kappa shape index (κ3) is 3.74. The molecule has 0 radical (unpaired) electrons. The third-order valence-electron chi connectivity index (χ3n) is 6.21. The van der Waals surface area contributed by atoms with Gasteiger partial charge in [0.1, 0.15) is 5.75 Å². The second-order valence-corrected chi connectivity index (χ2v) is 10.2. The van der Waals surface area contributed by atoms with E-state index in [2.05, 4.69) is 28.3 Å². The summed E-state index contributed by atoms with van der Waals surface area (Å²) in [4.78, 5) is 0.233. The van der Waals surface area contributed by atoms with Gasteiger partial charge < -0.3 is 10.1 Å². The average molecular weight is 467 g/mol. The van der Waals surface area contributed by atoms with Gasteiger partial charge in [-0.3, -0.25) is 4.72 Å². The van der Waals surface area contributed by atoms with Gasteiger partial charge in [0.2, 0.25) is 0 Å². The lowest BCUT2D eigenvalue weighted by atomic mass is 9.77. The van der Waals surface area contributed by atoms with E-state index in [1.165, 1.54) is 0 Å². The van der Waals surface area contributed by atoms with E-state index in [0.717, 1.165) is 28.3 Å². The predicted octanol–water partition coefficient (Wildman–Crippen LogP) is 5.98. The minimum Gasteiger partial charge on any atom is -0.497 e. The summed E-state index contributed by atoms with van der Waals surface area (Å²) in [5, 5.41) is 4.35. The molecular formula is C25H23ClN2O3S. The maximum Gasteiger partial charge on any atom is 0.261 e. The molecule has 0 saturated carbocycles. The number of hydrogen-bond donors (Lipinski definition) is 2. The molecule has 1 heterocycles. The molecule has 3 atom stereocenters. The Labute approximate surface area is 193 Å². The highest BCUT2D eigenvalue weighted by molar-refractivity contribution is 7.92. The fourth-order valence-corrected chi connectivity index (χ4v) is 6.01. The molecule has 2 aliphatic rings. The highest BCUT2D eigenvalue weighted by Gasteiger charge is 2.39. The summed E-state index contributed by atoms with van der Waals surface area (Å²) >= 11 is 6.50. The Kier molecular flexibility index (Phi) is 5.35. The second kappa shape index (κ2) is 8.19. The first kappa shape index (κ1) is 20.9. The molecule has 0 amide bonds. The molecule has 32 heavy (non-hydrogen) atoms. The van der Waals surface area contributed by atoms with Gasteiger partial charge in [-0.1, -0.05) is 48.0 Å². The van der Waals surface area contributed by atoms with Crippen molar-refractivity contribution < 1.29 is 13.2 Å². The molecule has 3 aromatic rings. The first-order chi connectivity index (χ1) is 15.5. The number of sulfonamides is 1. The molecule has 5 nitrogen and oxygen atoms in total. The fourth-order valence-electron chi connectivity index (χ4n) is 4.68. The molecule has 164 valence electrons. The van der Waals surface area contributed by atoms with Gasteiger partial charge in [0.25, 0.3) is 10.0 Å². The number of hydrogen-bond acceptors (Lipinski definition) is 4. The van der Waals surface area contributed by atoms with E-state index in [1.807, 2.05) is 24.3 Å². The normalized spacial score (nSPS) is 21.4. The van der Waals surface area contributed by atoms with Crippen LogP contribution in [0.3, 0.4) is 0 Å². The van der Waals surface area contributed by atoms with Crippen LogP contribution in [0.1, 0.15) is 29.5 Å². The zero-order chi connectivity index (χ0) is 22.3. The molecule has 0 spiro atoms. The van der Waals surface area contributed by atoms with Crippen LogP contribution in [-0.2, 0) is 10.0 Å². The Morgan fingerprint density at radius 1 is 1.03 bits per heavy atom. The van der Waals surface area contributed by atoms with Gasteiger partial charge in [-0.15, -0.1) is 0 Å². The van der Waals surface area contributed by atoms with Crippen LogP contribution in [0.4, 0.5) is 11.4 Å². The van der Waals surface area contributed by atoms with Gasteiger partial charge in [0, 0.05) is 22.7 Å². The topological polar surface area (TPSA) is 67.4 Å². The molecular weight excluding hydrogens is 444 g/mol. The Hall–Kier alpha value is -2.96. The summed E-state index contributed by atoms with van der Waals surface area (Å²) < 4.78 is 34.0. The third-order valence-corrected chi connectivity index (χ3v) is 7.93. The zero-order valence-electron chi connectivity index (χ0n) is 17.5. The summed E-state index contributed by atoms with van der Waals surface area (Å²) in [5.74, 6) is 0.982. The molecule has 0 fully saturated rings. The molecule has 0 saturated heterocycles. The van der Waals surface area contributed by atoms with Crippen molar-refractivity contribution in [1.29, 1.82) is 0 Å². The van der Waals surface area contributed by atoms with Gasteiger partial charge in [-0.2, -0.15) is 0 Å². The van der Waals surface area contributed by atoms with Crippen molar-refractivity contribution >= 4 is 33.0 Å². The standard InChI is InChI=1S/C25H23ClN2O3S/c1-31-17-7-4-6-16(14-17)28-32(29,30)18-12-13-24-22(15-18)19-9-5-10-20(19)25(27-24)21-8-2-3-11-23(21)26/h2-9,11-15,19-20,25,27-28H,10H2,1H3/t19-,20-,25-/m1/s1. The van der Waals surface area contributed by atoms with E-state index in [4.69, 9.17) is 16.3 Å². The number of benzene rings is 3. The van der Waals surface area contributed by atoms with Gasteiger partial charge in [-0.05, 0) is 59.9 Å². The lowest BCUT2D eigenvalue weighted by Crippen LogP contribution is -2.29. The lowest BCUT2D eigenvalue weighted by Gasteiger charge is -2.38. The number of nitrogens with one attached hydrogen (secondary N) is 2. The number of methoxy groups -OCH3 is 1. The minimum atomic E-state index is -3.75. The van der Waals surface area contributed by atoms with Crippen molar-refractivity contribution in [3.63, 3.8) is 0 Å². The molecule has 1 aliphatic carbocycles. The van der Waals surface area contributed by atoms with Crippen LogP contribution in [0, 0.1) is 5.92 Å². The van der Waals surface area contributed by atoms with Crippen molar-refractivity contribution in [2.45, 2.75) is 23.3 Å². The van der Waals surface area contributed by atoms with E-state index in [9.17, 15) is 8.42 Å². The van der Waals surface area contributed by atoms with Crippen molar-refractivity contribution in [3.8, 4) is 5.75 Å². The monoisotopic (exact) mass is 466 g/mol. The largest absolute Gasteiger partial charge is 0.497 e. The number of halogens is 1. The van der Waals surface area contributed by atoms with Crippen LogP contribution in [-0.4, -0.2) is 15.5 Å². The zero-order valence-corrected chi connectivity index (χ0v) is 19.0. The van der Waals surface area contributed by atoms with Crippen molar-refractivity contribution in [2.24, 2.45) is 5.92 Å². The summed E-state index contributed by atoms with van der Waals surface area (Å²) in [6.07, 6.45) is 5.26. The quantitative estimate of drug-likeness (QED) is 0.454. The van der Waals surface area contributed by atoms with E-state index in [-0.39, 0.29) is 22.8 Å². The summed E-state index contributed by atoms with van der Waals surface area (Å²) in [5.41, 5.74) is 3.44. The minimum absolute atomic E-state index is 0.0635. The molecule has 0 unspecified atom stereocenters. The van der Waals surface area contributed by atoms with Gasteiger partial charge in [-0.25, -0.2) is 8.42 Å². The van der Waals surface area contributed by atoms with Crippen LogP contribution >= 0.6 is 11.6 Å². The second-order valence-electron chi connectivity index (χ2n) is 8.08. The number of fused-ring (bicyclic) bond motifs is 3. The average Bonchev–Trinajstić information content (AvgIpc) is 3.29. The van der Waals surface area contributed by atoms with Crippen LogP contribution in [0.2, 0.25) is 5.02 Å². The van der Waals surface area contributed by atoms with Gasteiger partial charge in [0.15, 0.2) is 0 Å². The molecule has 2 N–H and O–H groups in total. The molecule has 5 rings (SSSR count). The Morgan fingerprint density at radius 3 is 2.69 bits per heavy atom. The van der Waals surface area contributed by atoms with Crippen molar-refractivity contribution in [3.05, 3.63) is 95.0 Å². The molecule has 1 aliphatic heterocycles. The van der Waals surface area contributed by atoms with Crippen molar-refractivity contribution in [1.82, 2.24) is 0 Å². The maximum absolute atomic E-state index is 13.1. The summed E-state index contributed by atoms with van der Waals surface area (Å²) in [7, 11) is -2.20. The van der Waals surface area contributed by atoms with E-state index in [0.29, 0.717) is 11.4 Å². The molecule has 3 aromatic carbocycles. The number of rotatable bonds is 5. The number of ether oxygens (including phenoxy) is 1. The van der Waals surface area contributed by atoms with Crippen LogP contribution in [0.15, 0.2) is 83.8 Å². The molecule has 7 heteroatoms. The SMILES string of the molecule is COc1cccc(NS(=O)(=O)c2ccc3c(c2)[C@@H]2C=CC[C@H]2[C@H](c2ccccc2Cl)N3)c1. The molecule has 0 bridgehead atoms. The number of allylic oxidation sites excluding steroid dienone is 2. The van der Waals surface area contributed by atoms with E-state index in [1.54, 1.807) is 43.5 Å². The van der Waals surface area contributed by atoms with E-state index >= 15 is 0 Å². The highest BCUT2D eigenvalue weighted by atomic mass is 35.5. The summed E-state index contributed by atoms with van der Waals surface area (Å²) in [6, 6.07) is 20.1. The first-order valence-electron chi connectivity index (χ1n) is 10.4. The predicted molar refractivity (Wildman–Crippen MR) is 128 cm³/mol. The highest BCUT2D eigenvalue weighted by Crippen LogP contribution is 2.51.